The lowest BCUT2D eigenvalue weighted by Gasteiger charge is -2.11. The van der Waals surface area contributed by atoms with Crippen molar-refractivity contribution in [2.45, 2.75) is 13.0 Å². The summed E-state index contributed by atoms with van der Waals surface area (Å²) in [5.41, 5.74) is 2.68. The summed E-state index contributed by atoms with van der Waals surface area (Å²) in [4.78, 5) is 13.4. The number of aliphatic hydroxyl groups is 1. The van der Waals surface area contributed by atoms with Crippen LogP contribution in [-0.4, -0.2) is 33.2 Å². The van der Waals surface area contributed by atoms with E-state index in [9.17, 15) is 0 Å². The number of aromatic nitrogens is 3. The Labute approximate surface area is 160 Å². The van der Waals surface area contributed by atoms with Gasteiger partial charge >= 0.3 is 0 Å². The zero-order valence-electron chi connectivity index (χ0n) is 14.2. The molecule has 3 aromatic rings. The summed E-state index contributed by atoms with van der Waals surface area (Å²) in [7, 11) is 0. The fourth-order valence-electron chi connectivity index (χ4n) is 2.34. The number of nitrogens with zero attached hydrogens (tertiary/aromatic N) is 3. The maximum Gasteiger partial charge on any atom is 0.225 e. The van der Waals surface area contributed by atoms with Crippen molar-refractivity contribution < 1.29 is 5.11 Å². The summed E-state index contributed by atoms with van der Waals surface area (Å²) < 4.78 is 1.05. The monoisotopic (exact) mass is 413 g/mol. The number of nitrogens with one attached hydrogen (secondary N) is 2. The summed E-state index contributed by atoms with van der Waals surface area (Å²) >= 11 is 3.44. The van der Waals surface area contributed by atoms with Crippen LogP contribution in [-0.2, 0) is 6.54 Å². The third-order valence-corrected chi connectivity index (χ3v) is 4.19. The Balaban J connectivity index is 1.80. The van der Waals surface area contributed by atoms with Crippen molar-refractivity contribution in [3.8, 4) is 11.4 Å². The molecule has 7 heteroatoms. The fourth-order valence-corrected chi connectivity index (χ4v) is 2.60. The van der Waals surface area contributed by atoms with Crippen LogP contribution in [0.2, 0.25) is 0 Å². The first kappa shape index (κ1) is 18.3. The summed E-state index contributed by atoms with van der Waals surface area (Å²) in [6.07, 6.45) is 2.38. The summed E-state index contributed by atoms with van der Waals surface area (Å²) in [5.74, 6) is 1.23. The minimum atomic E-state index is 0.127. The molecule has 0 saturated carbocycles. The van der Waals surface area contributed by atoms with E-state index in [2.05, 4.69) is 53.6 Å². The third kappa shape index (κ3) is 5.24. The van der Waals surface area contributed by atoms with Crippen LogP contribution >= 0.6 is 15.9 Å². The number of hydrogen-bond acceptors (Lipinski definition) is 6. The Morgan fingerprint density at radius 1 is 0.962 bits per heavy atom. The SMILES string of the molecule is OCCCNc1nc(NCc2ccc(Br)cc2)cc(-c2ccccn2)n1. The molecule has 2 aromatic heterocycles. The maximum absolute atomic E-state index is 8.95. The van der Waals surface area contributed by atoms with Gasteiger partial charge in [0.05, 0.1) is 11.4 Å². The van der Waals surface area contributed by atoms with Gasteiger partial charge in [0.25, 0.3) is 0 Å². The van der Waals surface area contributed by atoms with Crippen molar-refractivity contribution >= 4 is 27.7 Å². The van der Waals surface area contributed by atoms with Gasteiger partial charge in [-0.1, -0.05) is 34.1 Å². The first-order valence-electron chi connectivity index (χ1n) is 8.38. The van der Waals surface area contributed by atoms with Gasteiger partial charge in [-0.25, -0.2) is 4.98 Å². The van der Waals surface area contributed by atoms with Gasteiger partial charge in [-0.15, -0.1) is 0 Å². The van der Waals surface area contributed by atoms with E-state index in [1.807, 2.05) is 36.4 Å². The van der Waals surface area contributed by atoms with Gasteiger partial charge in [0.15, 0.2) is 0 Å². The number of aliphatic hydroxyl groups excluding tert-OH is 1. The van der Waals surface area contributed by atoms with Gasteiger partial charge in [0.1, 0.15) is 5.82 Å². The molecular formula is C19H20BrN5O. The molecule has 0 bridgehead atoms. The Hall–Kier alpha value is -2.51. The summed E-state index contributed by atoms with van der Waals surface area (Å²) in [5, 5.41) is 15.4. The summed E-state index contributed by atoms with van der Waals surface area (Å²) in [6.45, 7) is 1.39. The van der Waals surface area contributed by atoms with Gasteiger partial charge in [-0.2, -0.15) is 4.98 Å². The van der Waals surface area contributed by atoms with Crippen LogP contribution in [0.1, 0.15) is 12.0 Å². The zero-order chi connectivity index (χ0) is 18.2. The number of benzene rings is 1. The van der Waals surface area contributed by atoms with Gasteiger partial charge in [-0.3, -0.25) is 4.98 Å². The van der Waals surface area contributed by atoms with Crippen molar-refractivity contribution in [3.63, 3.8) is 0 Å². The molecule has 0 aliphatic carbocycles. The number of rotatable bonds is 8. The van der Waals surface area contributed by atoms with E-state index >= 15 is 0 Å². The molecule has 0 unspecified atom stereocenters. The molecule has 0 amide bonds. The Morgan fingerprint density at radius 3 is 2.54 bits per heavy atom. The Morgan fingerprint density at radius 2 is 1.81 bits per heavy atom. The molecular weight excluding hydrogens is 394 g/mol. The van der Waals surface area contributed by atoms with Crippen molar-refractivity contribution in [2.24, 2.45) is 0 Å². The zero-order valence-corrected chi connectivity index (χ0v) is 15.8. The summed E-state index contributed by atoms with van der Waals surface area (Å²) in [6, 6.07) is 15.7. The minimum Gasteiger partial charge on any atom is -0.396 e. The second-order valence-corrected chi connectivity index (χ2v) is 6.58. The van der Waals surface area contributed by atoms with Crippen LogP contribution in [0.3, 0.4) is 0 Å². The fraction of sp³-hybridized carbons (Fsp3) is 0.211. The van der Waals surface area contributed by atoms with Crippen LogP contribution in [0.15, 0.2) is 59.2 Å². The molecule has 0 saturated heterocycles. The number of anilines is 2. The van der Waals surface area contributed by atoms with Crippen LogP contribution in [0, 0.1) is 0 Å². The van der Waals surface area contributed by atoms with Gasteiger partial charge in [-0.05, 0) is 36.2 Å². The van der Waals surface area contributed by atoms with Gasteiger partial charge < -0.3 is 15.7 Å². The molecule has 0 aliphatic heterocycles. The predicted octanol–water partition coefficient (Wildman–Crippen LogP) is 3.71. The maximum atomic E-state index is 8.95. The predicted molar refractivity (Wildman–Crippen MR) is 107 cm³/mol. The van der Waals surface area contributed by atoms with Crippen LogP contribution < -0.4 is 10.6 Å². The molecule has 0 fully saturated rings. The lowest BCUT2D eigenvalue weighted by Crippen LogP contribution is -2.10. The largest absolute Gasteiger partial charge is 0.396 e. The average molecular weight is 414 g/mol. The molecule has 2 heterocycles. The quantitative estimate of drug-likeness (QED) is 0.488. The van der Waals surface area contributed by atoms with Crippen LogP contribution in [0.5, 0.6) is 0 Å². The van der Waals surface area contributed by atoms with Crippen LogP contribution in [0.25, 0.3) is 11.4 Å². The third-order valence-electron chi connectivity index (χ3n) is 3.66. The normalized spacial score (nSPS) is 10.5. The van der Waals surface area contributed by atoms with Crippen molar-refractivity contribution in [2.75, 3.05) is 23.8 Å². The first-order valence-corrected chi connectivity index (χ1v) is 9.17. The van der Waals surface area contributed by atoms with E-state index in [1.54, 1.807) is 6.20 Å². The highest BCUT2D eigenvalue weighted by atomic mass is 79.9. The van der Waals surface area contributed by atoms with E-state index in [0.29, 0.717) is 25.5 Å². The average Bonchev–Trinajstić information content (AvgIpc) is 2.68. The molecule has 0 atom stereocenters. The molecule has 134 valence electrons. The first-order chi connectivity index (χ1) is 12.7. The molecule has 1 aromatic carbocycles. The second kappa shape index (κ2) is 9.26. The number of halogens is 1. The lowest BCUT2D eigenvalue weighted by molar-refractivity contribution is 0.292. The van der Waals surface area contributed by atoms with Gasteiger partial charge in [0.2, 0.25) is 5.95 Å². The van der Waals surface area contributed by atoms with E-state index < -0.39 is 0 Å². The molecule has 6 nitrogen and oxygen atoms in total. The standard InChI is InChI=1S/C19H20BrN5O/c20-15-7-5-14(6-8-15)13-23-18-12-17(16-4-1-2-9-21-16)24-19(25-18)22-10-3-11-26/h1-2,4-9,12,26H,3,10-11,13H2,(H2,22,23,24,25). The van der Waals surface area contributed by atoms with E-state index in [0.717, 1.165) is 27.2 Å². The lowest BCUT2D eigenvalue weighted by atomic mass is 10.2. The topological polar surface area (TPSA) is 83.0 Å². The van der Waals surface area contributed by atoms with Crippen molar-refractivity contribution in [1.29, 1.82) is 0 Å². The van der Waals surface area contributed by atoms with E-state index in [1.165, 1.54) is 0 Å². The van der Waals surface area contributed by atoms with Crippen molar-refractivity contribution in [3.05, 3.63) is 64.8 Å². The second-order valence-electron chi connectivity index (χ2n) is 5.66. The van der Waals surface area contributed by atoms with Gasteiger partial charge in [0, 0.05) is 36.4 Å². The highest BCUT2D eigenvalue weighted by Gasteiger charge is 2.07. The van der Waals surface area contributed by atoms with E-state index in [4.69, 9.17) is 5.11 Å². The molecule has 3 rings (SSSR count). The number of hydrogen-bond donors (Lipinski definition) is 3. The van der Waals surface area contributed by atoms with Crippen LogP contribution in [0.4, 0.5) is 11.8 Å². The molecule has 0 radical (unpaired) electrons. The minimum absolute atomic E-state index is 0.127. The highest BCUT2D eigenvalue weighted by Crippen LogP contribution is 2.20. The van der Waals surface area contributed by atoms with E-state index in [-0.39, 0.29) is 6.61 Å². The molecule has 26 heavy (non-hydrogen) atoms. The Bertz CT molecular complexity index is 827. The molecule has 0 aliphatic rings. The van der Waals surface area contributed by atoms with Crippen molar-refractivity contribution in [1.82, 2.24) is 15.0 Å². The molecule has 0 spiro atoms. The highest BCUT2D eigenvalue weighted by molar-refractivity contribution is 9.10. The molecule has 3 N–H and O–H groups in total. The smallest absolute Gasteiger partial charge is 0.225 e. The number of pyridine rings is 1. The Kier molecular flexibility index (Phi) is 6.51.